The number of fused-ring (bicyclic) bond motifs is 2. The number of aliphatic hydroxyl groups excluding tert-OH is 1. The molecule has 2 amide bonds. The Morgan fingerprint density at radius 3 is 2.69 bits per heavy atom. The van der Waals surface area contributed by atoms with Crippen LogP contribution < -0.4 is 5.32 Å². The highest BCUT2D eigenvalue weighted by Crippen LogP contribution is 2.50. The Morgan fingerprint density at radius 1 is 1.18 bits per heavy atom. The molecular formula is C27H27BrN8O3. The fourth-order valence-electron chi connectivity index (χ4n) is 5.31. The average molecular weight is 591 g/mol. The molecule has 2 fully saturated rings. The second-order valence-corrected chi connectivity index (χ2v) is 11.1. The predicted octanol–water partition coefficient (Wildman–Crippen LogP) is 3.20. The number of carbonyl (C=O) groups excluding carboxylic acids is 2. The summed E-state index contributed by atoms with van der Waals surface area (Å²) in [7, 11) is 0. The largest absolute Gasteiger partial charge is 0.387 e. The molecule has 5 heterocycles. The molecule has 0 bridgehead atoms. The number of amides is 2. The van der Waals surface area contributed by atoms with E-state index in [1.807, 2.05) is 32.0 Å². The molecule has 0 aromatic carbocycles. The highest BCUT2D eigenvalue weighted by atomic mass is 79.9. The highest BCUT2D eigenvalue weighted by Gasteiger charge is 2.56. The third kappa shape index (κ3) is 4.78. The molecule has 1 saturated carbocycles. The topological polar surface area (TPSA) is 139 Å². The van der Waals surface area contributed by atoms with E-state index in [1.54, 1.807) is 35.1 Å². The van der Waals surface area contributed by atoms with Crippen LogP contribution in [0.25, 0.3) is 22.2 Å². The van der Waals surface area contributed by atoms with Crippen molar-refractivity contribution in [1.29, 1.82) is 0 Å². The van der Waals surface area contributed by atoms with Crippen molar-refractivity contribution in [2.75, 3.05) is 11.9 Å². The summed E-state index contributed by atoms with van der Waals surface area (Å²) in [5.41, 5.74) is 3.29. The van der Waals surface area contributed by atoms with Crippen molar-refractivity contribution in [2.45, 2.75) is 45.9 Å². The smallest absolute Gasteiger partial charge is 0.248 e. The zero-order valence-electron chi connectivity index (χ0n) is 21.7. The Labute approximate surface area is 232 Å². The lowest BCUT2D eigenvalue weighted by molar-refractivity contribution is -0.138. The summed E-state index contributed by atoms with van der Waals surface area (Å²) < 4.78 is 2.18. The van der Waals surface area contributed by atoms with Crippen molar-refractivity contribution < 1.29 is 14.7 Å². The molecule has 2 N–H and O–H groups in total. The fourth-order valence-corrected chi connectivity index (χ4v) is 5.62. The van der Waals surface area contributed by atoms with Crippen molar-refractivity contribution in [2.24, 2.45) is 11.8 Å². The van der Waals surface area contributed by atoms with Crippen LogP contribution in [0.2, 0.25) is 0 Å². The number of anilines is 1. The molecule has 2 aliphatic rings. The van der Waals surface area contributed by atoms with Crippen LogP contribution in [0, 0.1) is 25.7 Å². The Hall–Kier alpha value is -3.77. The van der Waals surface area contributed by atoms with E-state index in [2.05, 4.69) is 46.3 Å². The standard InChI is InChI=1S/C27H27BrN8O3/c1-13-4-5-22(28)32-26(13)33-27(39)25-18-6-16(18)11-35(25)23(38)12-36-21-10-31-20(17-8-29-15(3)30-9-17)7-19(21)24(34-36)14(2)37/h4-5,7-10,14,16,18,25,37H,6,11-12H2,1-3H3,(H,32,33,39)/t14?,16-,18-,25+/m1/s1. The van der Waals surface area contributed by atoms with Crippen LogP contribution in [0.1, 0.15) is 36.5 Å². The predicted molar refractivity (Wildman–Crippen MR) is 146 cm³/mol. The average Bonchev–Trinajstić information content (AvgIpc) is 3.41. The van der Waals surface area contributed by atoms with Gasteiger partial charge in [-0.15, -0.1) is 0 Å². The van der Waals surface area contributed by atoms with Gasteiger partial charge in [0.15, 0.2) is 0 Å². The summed E-state index contributed by atoms with van der Waals surface area (Å²) in [5.74, 6) is 1.16. The van der Waals surface area contributed by atoms with E-state index in [9.17, 15) is 14.7 Å². The molecule has 1 unspecified atom stereocenters. The number of piperidine rings is 1. The van der Waals surface area contributed by atoms with E-state index < -0.39 is 12.1 Å². The number of aromatic nitrogens is 6. The van der Waals surface area contributed by atoms with E-state index in [0.717, 1.165) is 17.5 Å². The number of hydrogen-bond acceptors (Lipinski definition) is 8. The minimum Gasteiger partial charge on any atom is -0.387 e. The number of hydrogen-bond donors (Lipinski definition) is 2. The van der Waals surface area contributed by atoms with Gasteiger partial charge in [-0.3, -0.25) is 19.3 Å². The summed E-state index contributed by atoms with van der Waals surface area (Å²) in [6.45, 7) is 5.78. The number of rotatable bonds is 6. The Morgan fingerprint density at radius 2 is 1.95 bits per heavy atom. The molecule has 1 aliphatic heterocycles. The van der Waals surface area contributed by atoms with Gasteiger partial charge in [-0.2, -0.15) is 5.10 Å². The zero-order chi connectivity index (χ0) is 27.4. The molecule has 4 aromatic rings. The van der Waals surface area contributed by atoms with Gasteiger partial charge in [-0.25, -0.2) is 15.0 Å². The summed E-state index contributed by atoms with van der Waals surface area (Å²) in [4.78, 5) is 46.0. The van der Waals surface area contributed by atoms with Crippen molar-refractivity contribution >= 4 is 44.5 Å². The van der Waals surface area contributed by atoms with E-state index >= 15 is 0 Å². The van der Waals surface area contributed by atoms with Crippen LogP contribution in [0.15, 0.2) is 41.4 Å². The van der Waals surface area contributed by atoms with Crippen LogP contribution in [-0.4, -0.2) is 64.1 Å². The Kier molecular flexibility index (Phi) is 6.38. The lowest BCUT2D eigenvalue weighted by atomic mass is 10.1. The first-order chi connectivity index (χ1) is 18.7. The zero-order valence-corrected chi connectivity index (χ0v) is 23.3. The van der Waals surface area contributed by atoms with Crippen LogP contribution in [0.4, 0.5) is 5.82 Å². The normalized spacial score (nSPS) is 20.6. The van der Waals surface area contributed by atoms with Gasteiger partial charge in [-0.05, 0) is 72.7 Å². The Bertz CT molecular complexity index is 1600. The first-order valence-electron chi connectivity index (χ1n) is 12.8. The number of aliphatic hydroxyl groups is 1. The monoisotopic (exact) mass is 590 g/mol. The number of nitrogens with zero attached hydrogens (tertiary/aromatic N) is 7. The lowest BCUT2D eigenvalue weighted by Crippen LogP contribution is -2.47. The van der Waals surface area contributed by atoms with Gasteiger partial charge in [0.05, 0.1) is 29.2 Å². The summed E-state index contributed by atoms with van der Waals surface area (Å²) in [6, 6.07) is 4.95. The molecule has 11 nitrogen and oxygen atoms in total. The maximum atomic E-state index is 13.6. The van der Waals surface area contributed by atoms with Crippen molar-refractivity contribution in [3.63, 3.8) is 0 Å². The van der Waals surface area contributed by atoms with Crippen molar-refractivity contribution in [1.82, 2.24) is 34.6 Å². The third-order valence-corrected chi connectivity index (χ3v) is 7.91. The van der Waals surface area contributed by atoms with Crippen molar-refractivity contribution in [3.8, 4) is 11.3 Å². The SMILES string of the molecule is Cc1ncc(-c2cc3c(C(C)O)nn(CC(=O)N4C[C@H]5C[C@H]5[C@H]4C(=O)Nc4nc(Br)ccc4C)c3cn2)cn1. The number of halogens is 1. The number of pyridine rings is 2. The second-order valence-electron chi connectivity index (χ2n) is 10.3. The van der Waals surface area contributed by atoms with Gasteiger partial charge in [0, 0.05) is 29.9 Å². The summed E-state index contributed by atoms with van der Waals surface area (Å²) in [6.07, 6.45) is 5.11. The minimum absolute atomic E-state index is 0.0741. The van der Waals surface area contributed by atoms with Gasteiger partial charge < -0.3 is 15.3 Å². The molecule has 4 atom stereocenters. The molecule has 4 aromatic heterocycles. The first kappa shape index (κ1) is 25.5. The number of likely N-dealkylation sites (tertiary alicyclic amines) is 1. The highest BCUT2D eigenvalue weighted by molar-refractivity contribution is 9.10. The summed E-state index contributed by atoms with van der Waals surface area (Å²) >= 11 is 3.35. The molecule has 0 radical (unpaired) electrons. The maximum Gasteiger partial charge on any atom is 0.248 e. The molecule has 200 valence electrons. The lowest BCUT2D eigenvalue weighted by Gasteiger charge is -2.27. The minimum atomic E-state index is -0.854. The maximum absolute atomic E-state index is 13.6. The van der Waals surface area contributed by atoms with Gasteiger partial charge in [0.25, 0.3) is 0 Å². The van der Waals surface area contributed by atoms with Crippen LogP contribution in [0.5, 0.6) is 0 Å². The number of carbonyl (C=O) groups is 2. The van der Waals surface area contributed by atoms with Gasteiger partial charge in [-0.1, -0.05) is 6.07 Å². The van der Waals surface area contributed by atoms with Gasteiger partial charge in [0.2, 0.25) is 11.8 Å². The van der Waals surface area contributed by atoms with E-state index in [-0.39, 0.29) is 24.3 Å². The van der Waals surface area contributed by atoms with Crippen molar-refractivity contribution in [3.05, 3.63) is 58.5 Å². The van der Waals surface area contributed by atoms with Crippen LogP contribution in [-0.2, 0) is 16.1 Å². The summed E-state index contributed by atoms with van der Waals surface area (Å²) in [5, 5.41) is 18.6. The molecule has 1 saturated heterocycles. The quantitative estimate of drug-likeness (QED) is 0.326. The number of aryl methyl sites for hydroxylation is 2. The van der Waals surface area contributed by atoms with E-state index in [1.165, 1.54) is 0 Å². The number of nitrogens with one attached hydrogen (secondary N) is 1. The molecule has 39 heavy (non-hydrogen) atoms. The third-order valence-electron chi connectivity index (χ3n) is 7.47. The molecule has 0 spiro atoms. The van der Waals surface area contributed by atoms with E-state index in [0.29, 0.717) is 51.0 Å². The molecule has 1 aliphatic carbocycles. The van der Waals surface area contributed by atoms with Crippen LogP contribution >= 0.6 is 15.9 Å². The fraction of sp³-hybridized carbons (Fsp3) is 0.370. The second kappa shape index (κ2) is 9.76. The van der Waals surface area contributed by atoms with E-state index in [4.69, 9.17) is 0 Å². The first-order valence-corrected chi connectivity index (χ1v) is 13.6. The van der Waals surface area contributed by atoms with Gasteiger partial charge >= 0.3 is 0 Å². The molecule has 12 heteroatoms. The van der Waals surface area contributed by atoms with Crippen LogP contribution in [0.3, 0.4) is 0 Å². The molecular weight excluding hydrogens is 564 g/mol. The molecule has 6 rings (SSSR count). The van der Waals surface area contributed by atoms with Gasteiger partial charge in [0.1, 0.15) is 28.8 Å². The Balaban J connectivity index is 1.26.